The van der Waals surface area contributed by atoms with Gasteiger partial charge in [0.05, 0.1) is 0 Å². The highest BCUT2D eigenvalue weighted by molar-refractivity contribution is 5.75. The minimum absolute atomic E-state index is 0.689. The van der Waals surface area contributed by atoms with Crippen LogP contribution in [0, 0.1) is 0 Å². The Bertz CT molecular complexity index is 298. The predicted molar refractivity (Wildman–Crippen MR) is 53.6 cm³/mol. The van der Waals surface area contributed by atoms with E-state index in [0.717, 1.165) is 5.56 Å². The Morgan fingerprint density at radius 2 is 1.93 bits per heavy atom. The molecule has 0 saturated carbocycles. The first kappa shape index (κ1) is 10.7. The molecule has 14 heavy (non-hydrogen) atoms. The van der Waals surface area contributed by atoms with Crippen LogP contribution in [0.5, 0.6) is 0 Å². The van der Waals surface area contributed by atoms with Crippen molar-refractivity contribution in [2.75, 3.05) is 14.1 Å². The topological polar surface area (TPSA) is 52.6 Å². The third kappa shape index (κ3) is 2.83. The maximum atomic E-state index is 10.9. The molecule has 1 unspecified atom stereocenters. The van der Waals surface area contributed by atoms with Crippen LogP contribution in [0.4, 0.5) is 0 Å². The molecule has 0 spiro atoms. The molecular weight excluding hydrogens is 180 g/mol. The summed E-state index contributed by atoms with van der Waals surface area (Å²) in [5.41, 5.74) is 3.57. The molecule has 0 radical (unpaired) electrons. The smallest absolute Gasteiger partial charge is 0.326 e. The summed E-state index contributed by atoms with van der Waals surface area (Å²) in [5.74, 6) is -0.884. The van der Waals surface area contributed by atoms with Gasteiger partial charge in [-0.3, -0.25) is 4.79 Å². The van der Waals surface area contributed by atoms with Gasteiger partial charge in [-0.1, -0.05) is 30.3 Å². The van der Waals surface area contributed by atoms with Gasteiger partial charge in [0.1, 0.15) is 6.04 Å². The lowest BCUT2D eigenvalue weighted by atomic mass is 10.1. The number of nitrogens with zero attached hydrogens (tertiary/aromatic N) is 1. The number of aliphatic carboxylic acids is 1. The van der Waals surface area contributed by atoms with Crippen molar-refractivity contribution in [3.63, 3.8) is 0 Å². The standard InChI is InChI=1S/C10H14N2O2/c1-12(2)11-9(10(13)14)8-6-4-3-5-7-8/h3-7,9,11H,1-2H3,(H,13,14). The molecule has 0 fully saturated rings. The highest BCUT2D eigenvalue weighted by Crippen LogP contribution is 2.12. The summed E-state index contributed by atoms with van der Waals surface area (Å²) in [4.78, 5) is 10.9. The summed E-state index contributed by atoms with van der Waals surface area (Å²) in [6, 6.07) is 8.39. The Morgan fingerprint density at radius 3 is 2.36 bits per heavy atom. The number of hydrazine groups is 1. The Morgan fingerprint density at radius 1 is 1.36 bits per heavy atom. The molecule has 0 saturated heterocycles. The molecule has 1 rings (SSSR count). The number of hydrogen-bond acceptors (Lipinski definition) is 3. The number of benzene rings is 1. The Balaban J connectivity index is 2.84. The normalized spacial score (nSPS) is 12.8. The fourth-order valence-corrected chi connectivity index (χ4v) is 1.18. The Kier molecular flexibility index (Phi) is 3.62. The highest BCUT2D eigenvalue weighted by Gasteiger charge is 2.19. The molecule has 0 amide bonds. The maximum absolute atomic E-state index is 10.9. The van der Waals surface area contributed by atoms with Crippen molar-refractivity contribution in [1.82, 2.24) is 10.4 Å². The van der Waals surface area contributed by atoms with Gasteiger partial charge in [0.15, 0.2) is 0 Å². The molecule has 0 aliphatic carbocycles. The van der Waals surface area contributed by atoms with E-state index in [4.69, 9.17) is 5.11 Å². The van der Waals surface area contributed by atoms with Crippen molar-refractivity contribution in [3.8, 4) is 0 Å². The van der Waals surface area contributed by atoms with Crippen LogP contribution >= 0.6 is 0 Å². The summed E-state index contributed by atoms with van der Waals surface area (Å²) < 4.78 is 0. The number of carbonyl (C=O) groups is 1. The third-order valence-corrected chi connectivity index (χ3v) is 1.77. The second-order valence-corrected chi connectivity index (χ2v) is 3.21. The molecular formula is C10H14N2O2. The van der Waals surface area contributed by atoms with Crippen molar-refractivity contribution in [2.24, 2.45) is 0 Å². The first-order chi connectivity index (χ1) is 6.61. The van der Waals surface area contributed by atoms with E-state index in [1.165, 1.54) is 0 Å². The lowest BCUT2D eigenvalue weighted by Crippen LogP contribution is -2.38. The van der Waals surface area contributed by atoms with E-state index in [-0.39, 0.29) is 0 Å². The van der Waals surface area contributed by atoms with E-state index in [1.807, 2.05) is 18.2 Å². The largest absolute Gasteiger partial charge is 0.480 e. The summed E-state index contributed by atoms with van der Waals surface area (Å²) in [7, 11) is 3.53. The van der Waals surface area contributed by atoms with Crippen molar-refractivity contribution < 1.29 is 9.90 Å². The Hall–Kier alpha value is -1.39. The van der Waals surface area contributed by atoms with Gasteiger partial charge in [-0.2, -0.15) is 0 Å². The minimum Gasteiger partial charge on any atom is -0.480 e. The molecule has 76 valence electrons. The molecule has 1 aromatic rings. The van der Waals surface area contributed by atoms with Crippen LogP contribution in [0.15, 0.2) is 30.3 Å². The number of rotatable bonds is 4. The summed E-state index contributed by atoms with van der Waals surface area (Å²) in [6.45, 7) is 0. The zero-order valence-electron chi connectivity index (χ0n) is 8.27. The van der Waals surface area contributed by atoms with Gasteiger partial charge in [0.2, 0.25) is 0 Å². The lowest BCUT2D eigenvalue weighted by Gasteiger charge is -2.19. The molecule has 4 nitrogen and oxygen atoms in total. The second kappa shape index (κ2) is 4.74. The zero-order valence-corrected chi connectivity index (χ0v) is 8.27. The van der Waals surface area contributed by atoms with Crippen LogP contribution in [-0.4, -0.2) is 30.2 Å². The minimum atomic E-state index is -0.884. The molecule has 0 aliphatic rings. The van der Waals surface area contributed by atoms with Crippen LogP contribution in [0.2, 0.25) is 0 Å². The van der Waals surface area contributed by atoms with Crippen LogP contribution in [0.1, 0.15) is 11.6 Å². The van der Waals surface area contributed by atoms with Gasteiger partial charge in [-0.05, 0) is 5.56 Å². The van der Waals surface area contributed by atoms with Crippen molar-refractivity contribution in [2.45, 2.75) is 6.04 Å². The number of carboxylic acids is 1. The molecule has 1 aromatic carbocycles. The molecule has 0 aliphatic heterocycles. The molecule has 2 N–H and O–H groups in total. The number of hydrogen-bond donors (Lipinski definition) is 2. The van der Waals surface area contributed by atoms with Crippen LogP contribution in [0.3, 0.4) is 0 Å². The van der Waals surface area contributed by atoms with Gasteiger partial charge >= 0.3 is 5.97 Å². The van der Waals surface area contributed by atoms with E-state index < -0.39 is 12.0 Å². The predicted octanol–water partition coefficient (Wildman–Crippen LogP) is 0.878. The summed E-state index contributed by atoms with van der Waals surface area (Å²) in [5, 5.41) is 10.6. The van der Waals surface area contributed by atoms with Crippen molar-refractivity contribution in [1.29, 1.82) is 0 Å². The van der Waals surface area contributed by atoms with E-state index in [9.17, 15) is 4.79 Å². The fraction of sp³-hybridized carbons (Fsp3) is 0.300. The molecule has 0 aromatic heterocycles. The van der Waals surface area contributed by atoms with Crippen molar-refractivity contribution >= 4 is 5.97 Å². The fourth-order valence-electron chi connectivity index (χ4n) is 1.18. The van der Waals surface area contributed by atoms with Gasteiger partial charge in [-0.25, -0.2) is 10.4 Å². The number of nitrogens with one attached hydrogen (secondary N) is 1. The maximum Gasteiger partial charge on any atom is 0.326 e. The summed E-state index contributed by atoms with van der Waals surface area (Å²) >= 11 is 0. The molecule has 0 heterocycles. The average molecular weight is 194 g/mol. The van der Waals surface area contributed by atoms with Gasteiger partial charge in [0, 0.05) is 14.1 Å². The van der Waals surface area contributed by atoms with E-state index in [2.05, 4.69) is 5.43 Å². The average Bonchev–Trinajstić information content (AvgIpc) is 2.15. The van der Waals surface area contributed by atoms with Gasteiger partial charge < -0.3 is 5.11 Å². The Labute approximate surface area is 83.1 Å². The highest BCUT2D eigenvalue weighted by atomic mass is 16.4. The van der Waals surface area contributed by atoms with Gasteiger partial charge in [0.25, 0.3) is 0 Å². The molecule has 1 atom stereocenters. The number of carboxylic acid groups (broad SMARTS) is 1. The van der Waals surface area contributed by atoms with Crippen LogP contribution in [0.25, 0.3) is 0 Å². The zero-order chi connectivity index (χ0) is 10.6. The third-order valence-electron chi connectivity index (χ3n) is 1.77. The van der Waals surface area contributed by atoms with Crippen molar-refractivity contribution in [3.05, 3.63) is 35.9 Å². The molecule has 0 bridgehead atoms. The lowest BCUT2D eigenvalue weighted by molar-refractivity contribution is -0.141. The van der Waals surface area contributed by atoms with Gasteiger partial charge in [-0.15, -0.1) is 0 Å². The first-order valence-electron chi connectivity index (χ1n) is 4.32. The van der Waals surface area contributed by atoms with E-state index >= 15 is 0 Å². The quantitative estimate of drug-likeness (QED) is 0.698. The second-order valence-electron chi connectivity index (χ2n) is 3.21. The summed E-state index contributed by atoms with van der Waals surface area (Å²) in [6.07, 6.45) is 0. The SMILES string of the molecule is CN(C)NC(C(=O)O)c1ccccc1. The first-order valence-corrected chi connectivity index (χ1v) is 4.32. The monoisotopic (exact) mass is 194 g/mol. The van der Waals surface area contributed by atoms with E-state index in [0.29, 0.717) is 0 Å². The van der Waals surface area contributed by atoms with Crippen LogP contribution in [-0.2, 0) is 4.79 Å². The van der Waals surface area contributed by atoms with E-state index in [1.54, 1.807) is 31.2 Å². The van der Waals surface area contributed by atoms with Crippen LogP contribution < -0.4 is 5.43 Å². The molecule has 4 heteroatoms.